The summed E-state index contributed by atoms with van der Waals surface area (Å²) in [5.41, 5.74) is 0.876. The predicted molar refractivity (Wildman–Crippen MR) is 148 cm³/mol. The Bertz CT molecular complexity index is 902. The zero-order valence-electron chi connectivity index (χ0n) is 23.1. The lowest BCUT2D eigenvalue weighted by atomic mass is 10.1. The van der Waals surface area contributed by atoms with Gasteiger partial charge in [0.05, 0.1) is 18.2 Å². The van der Waals surface area contributed by atoms with Gasteiger partial charge in [-0.3, -0.25) is 4.90 Å². The van der Waals surface area contributed by atoms with Gasteiger partial charge in [0.15, 0.2) is 0 Å². The molecule has 202 valence electrons. The summed E-state index contributed by atoms with van der Waals surface area (Å²) in [5, 5.41) is 16.7. The molecule has 1 aliphatic heterocycles. The summed E-state index contributed by atoms with van der Waals surface area (Å²) < 4.78 is 6.38. The molecule has 0 radical (unpaired) electrons. The maximum absolute atomic E-state index is 9.78. The summed E-state index contributed by atoms with van der Waals surface area (Å²) in [5.74, 6) is 3.18. The second-order valence-electron chi connectivity index (χ2n) is 10.4. The van der Waals surface area contributed by atoms with Crippen LogP contribution in [0.3, 0.4) is 0 Å². The molecule has 3 N–H and O–H groups in total. The Morgan fingerprint density at radius 3 is 2.72 bits per heavy atom. The molecule has 0 saturated carbocycles. The predicted octanol–water partition coefficient (Wildman–Crippen LogP) is 5.22. The highest BCUT2D eigenvalue weighted by molar-refractivity contribution is 5.72. The number of rotatable bonds is 15. The number of likely N-dealkylation sites (N-methyl/N-ethyl adjacent to an activating group) is 1. The highest BCUT2D eigenvalue weighted by atomic mass is 16.3. The van der Waals surface area contributed by atoms with Gasteiger partial charge in [0.2, 0.25) is 5.95 Å². The molecule has 0 amide bonds. The van der Waals surface area contributed by atoms with Gasteiger partial charge in [-0.2, -0.15) is 4.98 Å². The number of aliphatic hydroxyl groups excluding tert-OH is 1. The number of hydrogen-bond donors (Lipinski definition) is 3. The van der Waals surface area contributed by atoms with Crippen molar-refractivity contribution < 1.29 is 9.52 Å². The largest absolute Gasteiger partial charge is 0.460 e. The van der Waals surface area contributed by atoms with Crippen molar-refractivity contribution in [2.75, 3.05) is 43.9 Å². The van der Waals surface area contributed by atoms with Gasteiger partial charge < -0.3 is 25.1 Å². The van der Waals surface area contributed by atoms with Gasteiger partial charge in [-0.1, -0.05) is 33.6 Å². The second kappa shape index (κ2) is 14.5. The van der Waals surface area contributed by atoms with Gasteiger partial charge in [0, 0.05) is 44.5 Å². The minimum atomic E-state index is -0.310. The molecule has 8 heteroatoms. The monoisotopic (exact) mass is 500 g/mol. The fourth-order valence-electron chi connectivity index (χ4n) is 4.82. The van der Waals surface area contributed by atoms with Crippen LogP contribution in [0, 0.1) is 0 Å². The molecule has 8 nitrogen and oxygen atoms in total. The molecule has 0 spiro atoms. The lowest BCUT2D eigenvalue weighted by Gasteiger charge is -2.39. The Morgan fingerprint density at radius 1 is 1.17 bits per heavy atom. The van der Waals surface area contributed by atoms with Crippen LogP contribution in [0.25, 0.3) is 11.3 Å². The van der Waals surface area contributed by atoms with Crippen LogP contribution in [0.15, 0.2) is 22.7 Å². The smallest absolute Gasteiger partial charge is 0.224 e. The van der Waals surface area contributed by atoms with E-state index in [1.807, 2.05) is 19.2 Å². The van der Waals surface area contributed by atoms with E-state index in [0.717, 1.165) is 87.7 Å². The molecule has 3 unspecified atom stereocenters. The van der Waals surface area contributed by atoms with Crippen LogP contribution in [-0.2, 0) is 6.54 Å². The standard InChI is InChI=1S/C28H48N6O2/c1-6-9-15-29-28-30-18-25(27(32-28)31-22(8-3)12-11-21(4)35)26-14-13-24(36-26)20-34-17-16-33(5)19-23(34)10-7-2/h13-14,18,21-23,35H,6-12,15-17,19-20H2,1-5H3,(H2,29,30,31,32). The third-order valence-electron chi connectivity index (χ3n) is 7.08. The Morgan fingerprint density at radius 2 is 2.00 bits per heavy atom. The fraction of sp³-hybridized carbons (Fsp3) is 0.714. The molecule has 1 saturated heterocycles. The lowest BCUT2D eigenvalue weighted by molar-refractivity contribution is 0.0723. The van der Waals surface area contributed by atoms with Crippen LogP contribution < -0.4 is 10.6 Å². The van der Waals surface area contributed by atoms with Crippen molar-refractivity contribution >= 4 is 11.8 Å². The summed E-state index contributed by atoms with van der Waals surface area (Å²) in [6, 6.07) is 4.92. The highest BCUT2D eigenvalue weighted by Crippen LogP contribution is 2.31. The van der Waals surface area contributed by atoms with E-state index < -0.39 is 0 Å². The van der Waals surface area contributed by atoms with Crippen LogP contribution in [0.2, 0.25) is 0 Å². The first-order valence-corrected chi connectivity index (χ1v) is 14.0. The molecule has 0 bridgehead atoms. The van der Waals surface area contributed by atoms with Crippen molar-refractivity contribution in [3.05, 3.63) is 24.1 Å². The van der Waals surface area contributed by atoms with E-state index in [1.54, 1.807) is 0 Å². The SMILES string of the molecule is CCCCNc1ncc(-c2ccc(CN3CCN(C)CC3CCC)o2)c(NC(CC)CCC(C)O)n1. The average molecular weight is 501 g/mol. The molecule has 3 atom stereocenters. The highest BCUT2D eigenvalue weighted by Gasteiger charge is 2.25. The molecular formula is C28H48N6O2. The van der Waals surface area contributed by atoms with Crippen LogP contribution in [0.5, 0.6) is 0 Å². The van der Waals surface area contributed by atoms with E-state index in [2.05, 4.69) is 59.3 Å². The molecule has 1 aliphatic rings. The Hall–Kier alpha value is -2.16. The van der Waals surface area contributed by atoms with Crippen molar-refractivity contribution in [3.63, 3.8) is 0 Å². The van der Waals surface area contributed by atoms with E-state index in [-0.39, 0.29) is 12.1 Å². The topological polar surface area (TPSA) is 89.7 Å². The number of nitrogens with zero attached hydrogens (tertiary/aromatic N) is 4. The Balaban J connectivity index is 1.79. The Kier molecular flexibility index (Phi) is 11.5. The summed E-state index contributed by atoms with van der Waals surface area (Å²) in [7, 11) is 2.21. The van der Waals surface area contributed by atoms with E-state index in [1.165, 1.54) is 12.8 Å². The number of unbranched alkanes of at least 4 members (excludes halogenated alkanes) is 1. The van der Waals surface area contributed by atoms with Crippen LogP contribution in [0.1, 0.15) is 78.4 Å². The first-order valence-electron chi connectivity index (χ1n) is 14.0. The number of furan rings is 1. The maximum atomic E-state index is 9.78. The van der Waals surface area contributed by atoms with Gasteiger partial charge in [0.1, 0.15) is 17.3 Å². The van der Waals surface area contributed by atoms with E-state index in [0.29, 0.717) is 12.0 Å². The summed E-state index contributed by atoms with van der Waals surface area (Å²) in [6.45, 7) is 13.4. The van der Waals surface area contributed by atoms with Crippen LogP contribution in [0.4, 0.5) is 11.8 Å². The summed E-state index contributed by atoms with van der Waals surface area (Å²) >= 11 is 0. The molecule has 0 aromatic carbocycles. The molecule has 0 aliphatic carbocycles. The number of aromatic nitrogens is 2. The molecule has 36 heavy (non-hydrogen) atoms. The Labute approximate surface area is 217 Å². The summed E-state index contributed by atoms with van der Waals surface area (Å²) in [4.78, 5) is 14.4. The minimum absolute atomic E-state index is 0.214. The average Bonchev–Trinajstić information content (AvgIpc) is 3.32. The van der Waals surface area contributed by atoms with E-state index >= 15 is 0 Å². The zero-order valence-corrected chi connectivity index (χ0v) is 23.1. The number of piperazine rings is 1. The fourth-order valence-corrected chi connectivity index (χ4v) is 4.82. The first kappa shape index (κ1) is 28.4. The molecular weight excluding hydrogens is 452 g/mol. The minimum Gasteiger partial charge on any atom is -0.460 e. The number of nitrogens with one attached hydrogen (secondary N) is 2. The second-order valence-corrected chi connectivity index (χ2v) is 10.4. The third kappa shape index (κ3) is 8.46. The van der Waals surface area contributed by atoms with Crippen molar-refractivity contribution in [3.8, 4) is 11.3 Å². The van der Waals surface area contributed by atoms with Crippen molar-refractivity contribution in [2.45, 2.75) is 97.4 Å². The van der Waals surface area contributed by atoms with Crippen molar-refractivity contribution in [2.24, 2.45) is 0 Å². The molecule has 3 rings (SSSR count). The lowest BCUT2D eigenvalue weighted by Crippen LogP contribution is -2.51. The van der Waals surface area contributed by atoms with Crippen molar-refractivity contribution in [1.29, 1.82) is 0 Å². The quantitative estimate of drug-likeness (QED) is 0.287. The zero-order chi connectivity index (χ0) is 25.9. The van der Waals surface area contributed by atoms with Gasteiger partial charge in [-0.15, -0.1) is 0 Å². The van der Waals surface area contributed by atoms with Gasteiger partial charge >= 0.3 is 0 Å². The molecule has 1 fully saturated rings. The van der Waals surface area contributed by atoms with Crippen LogP contribution >= 0.6 is 0 Å². The van der Waals surface area contributed by atoms with Gasteiger partial charge in [-0.25, -0.2) is 4.98 Å². The molecule has 3 heterocycles. The molecule has 2 aromatic heterocycles. The molecule has 2 aromatic rings. The number of hydrogen-bond acceptors (Lipinski definition) is 8. The summed E-state index contributed by atoms with van der Waals surface area (Å²) in [6.07, 6.45) is 8.72. The van der Waals surface area contributed by atoms with E-state index in [9.17, 15) is 5.11 Å². The normalized spacial score (nSPS) is 18.8. The first-order chi connectivity index (χ1) is 17.4. The van der Waals surface area contributed by atoms with Crippen LogP contribution in [-0.4, -0.2) is 76.3 Å². The maximum Gasteiger partial charge on any atom is 0.224 e. The number of anilines is 2. The van der Waals surface area contributed by atoms with E-state index in [4.69, 9.17) is 9.40 Å². The van der Waals surface area contributed by atoms with Gasteiger partial charge in [-0.05, 0) is 58.2 Å². The third-order valence-corrected chi connectivity index (χ3v) is 7.08. The van der Waals surface area contributed by atoms with Crippen molar-refractivity contribution in [1.82, 2.24) is 19.8 Å². The van der Waals surface area contributed by atoms with Gasteiger partial charge in [0.25, 0.3) is 0 Å². The number of aliphatic hydroxyl groups is 1.